The molecule has 0 spiro atoms. The van der Waals surface area contributed by atoms with Gasteiger partial charge in [-0.3, -0.25) is 4.98 Å². The SMILES string of the molecule is COc1cccc(Sc2ccc([C@@H](C)N)nc2)c1. The van der Waals surface area contributed by atoms with Crippen LogP contribution in [0.15, 0.2) is 52.4 Å². The second-order valence-electron chi connectivity index (χ2n) is 3.99. The molecule has 3 nitrogen and oxygen atoms in total. The van der Waals surface area contributed by atoms with Gasteiger partial charge in [0, 0.05) is 22.0 Å². The molecule has 2 aromatic rings. The molecule has 0 aliphatic heterocycles. The fourth-order valence-corrected chi connectivity index (χ4v) is 2.36. The minimum absolute atomic E-state index is 0.0270. The van der Waals surface area contributed by atoms with E-state index in [2.05, 4.69) is 4.98 Å². The fourth-order valence-electron chi connectivity index (χ4n) is 1.52. The first-order valence-corrected chi connectivity index (χ1v) is 6.54. The van der Waals surface area contributed by atoms with Crippen LogP contribution in [-0.2, 0) is 0 Å². The highest BCUT2D eigenvalue weighted by Gasteiger charge is 2.03. The molecule has 0 saturated heterocycles. The van der Waals surface area contributed by atoms with E-state index in [1.165, 1.54) is 0 Å². The molecular formula is C14H16N2OS. The number of ether oxygens (including phenoxy) is 1. The Morgan fingerprint density at radius 2 is 2.06 bits per heavy atom. The normalized spacial score (nSPS) is 12.2. The maximum atomic E-state index is 5.77. The van der Waals surface area contributed by atoms with Crippen molar-refractivity contribution < 1.29 is 4.74 Å². The molecular weight excluding hydrogens is 244 g/mol. The number of methoxy groups -OCH3 is 1. The van der Waals surface area contributed by atoms with E-state index in [0.29, 0.717) is 0 Å². The standard InChI is InChI=1S/C14H16N2OS/c1-10(15)14-7-6-13(9-16-14)18-12-5-3-4-11(8-12)17-2/h3-10H,15H2,1-2H3/t10-/m1/s1. The van der Waals surface area contributed by atoms with E-state index in [1.807, 2.05) is 49.5 Å². The van der Waals surface area contributed by atoms with E-state index in [1.54, 1.807) is 18.9 Å². The molecule has 0 aliphatic rings. The summed E-state index contributed by atoms with van der Waals surface area (Å²) < 4.78 is 5.20. The Kier molecular flexibility index (Phi) is 4.23. The lowest BCUT2D eigenvalue weighted by molar-refractivity contribution is 0.413. The molecule has 1 atom stereocenters. The Morgan fingerprint density at radius 3 is 2.67 bits per heavy atom. The minimum atomic E-state index is -0.0270. The van der Waals surface area contributed by atoms with Gasteiger partial charge in [0.1, 0.15) is 5.75 Å². The molecule has 0 fully saturated rings. The van der Waals surface area contributed by atoms with Gasteiger partial charge in [-0.2, -0.15) is 0 Å². The van der Waals surface area contributed by atoms with E-state index in [0.717, 1.165) is 21.2 Å². The molecule has 94 valence electrons. The van der Waals surface area contributed by atoms with E-state index < -0.39 is 0 Å². The highest BCUT2D eigenvalue weighted by atomic mass is 32.2. The van der Waals surface area contributed by atoms with Gasteiger partial charge in [-0.05, 0) is 37.3 Å². The highest BCUT2D eigenvalue weighted by molar-refractivity contribution is 7.99. The monoisotopic (exact) mass is 260 g/mol. The Morgan fingerprint density at radius 1 is 1.22 bits per heavy atom. The molecule has 0 unspecified atom stereocenters. The van der Waals surface area contributed by atoms with Crippen LogP contribution < -0.4 is 10.5 Å². The zero-order valence-corrected chi connectivity index (χ0v) is 11.3. The Hall–Kier alpha value is -1.52. The molecule has 1 aromatic heterocycles. The summed E-state index contributed by atoms with van der Waals surface area (Å²) in [7, 11) is 1.67. The first kappa shape index (κ1) is 12.9. The van der Waals surface area contributed by atoms with Crippen LogP contribution in [0.25, 0.3) is 0 Å². The summed E-state index contributed by atoms with van der Waals surface area (Å²) >= 11 is 1.65. The molecule has 1 aromatic carbocycles. The van der Waals surface area contributed by atoms with Gasteiger partial charge < -0.3 is 10.5 Å². The second-order valence-corrected chi connectivity index (χ2v) is 5.14. The van der Waals surface area contributed by atoms with Crippen LogP contribution >= 0.6 is 11.8 Å². The smallest absolute Gasteiger partial charge is 0.119 e. The predicted octanol–water partition coefficient (Wildman–Crippen LogP) is 3.26. The third-order valence-corrected chi connectivity index (χ3v) is 3.47. The summed E-state index contributed by atoms with van der Waals surface area (Å²) in [6.07, 6.45) is 1.85. The summed E-state index contributed by atoms with van der Waals surface area (Å²) in [4.78, 5) is 6.56. The Balaban J connectivity index is 2.13. The first-order chi connectivity index (χ1) is 8.69. The predicted molar refractivity (Wildman–Crippen MR) is 74.0 cm³/mol. The van der Waals surface area contributed by atoms with E-state index in [-0.39, 0.29) is 6.04 Å². The summed E-state index contributed by atoms with van der Waals surface area (Å²) in [6, 6.07) is 11.9. The lowest BCUT2D eigenvalue weighted by Gasteiger charge is -2.06. The molecule has 1 heterocycles. The third-order valence-electron chi connectivity index (χ3n) is 2.50. The quantitative estimate of drug-likeness (QED) is 0.916. The number of hydrogen-bond donors (Lipinski definition) is 1. The Bertz CT molecular complexity index is 511. The van der Waals surface area contributed by atoms with Crippen molar-refractivity contribution in [2.75, 3.05) is 7.11 Å². The van der Waals surface area contributed by atoms with Crippen molar-refractivity contribution in [1.82, 2.24) is 4.98 Å². The fraction of sp³-hybridized carbons (Fsp3) is 0.214. The van der Waals surface area contributed by atoms with Gasteiger partial charge in [-0.25, -0.2) is 0 Å². The topological polar surface area (TPSA) is 48.1 Å². The first-order valence-electron chi connectivity index (χ1n) is 5.72. The van der Waals surface area contributed by atoms with Crippen molar-refractivity contribution in [2.45, 2.75) is 22.8 Å². The van der Waals surface area contributed by atoms with Crippen molar-refractivity contribution in [3.8, 4) is 5.75 Å². The largest absolute Gasteiger partial charge is 0.497 e. The van der Waals surface area contributed by atoms with E-state index in [4.69, 9.17) is 10.5 Å². The third kappa shape index (κ3) is 3.24. The molecule has 2 rings (SSSR count). The Labute approximate surface area is 111 Å². The van der Waals surface area contributed by atoms with Crippen molar-refractivity contribution in [1.29, 1.82) is 0 Å². The number of nitrogens with zero attached hydrogens (tertiary/aromatic N) is 1. The van der Waals surface area contributed by atoms with Crippen LogP contribution in [0.3, 0.4) is 0 Å². The van der Waals surface area contributed by atoms with Crippen molar-refractivity contribution in [2.24, 2.45) is 5.73 Å². The average molecular weight is 260 g/mol. The van der Waals surface area contributed by atoms with Gasteiger partial charge in [0.2, 0.25) is 0 Å². The minimum Gasteiger partial charge on any atom is -0.497 e. The van der Waals surface area contributed by atoms with Crippen LogP contribution in [0.4, 0.5) is 0 Å². The van der Waals surface area contributed by atoms with Gasteiger partial charge in [0.05, 0.1) is 12.8 Å². The number of aromatic nitrogens is 1. The number of hydrogen-bond acceptors (Lipinski definition) is 4. The maximum Gasteiger partial charge on any atom is 0.119 e. The van der Waals surface area contributed by atoms with Gasteiger partial charge in [-0.15, -0.1) is 0 Å². The molecule has 4 heteroatoms. The van der Waals surface area contributed by atoms with Gasteiger partial charge in [0.25, 0.3) is 0 Å². The van der Waals surface area contributed by atoms with E-state index in [9.17, 15) is 0 Å². The number of rotatable bonds is 4. The molecule has 0 bridgehead atoms. The maximum absolute atomic E-state index is 5.77. The van der Waals surface area contributed by atoms with Crippen molar-refractivity contribution in [3.63, 3.8) is 0 Å². The molecule has 0 aliphatic carbocycles. The summed E-state index contributed by atoms with van der Waals surface area (Å²) in [5.74, 6) is 0.861. The van der Waals surface area contributed by atoms with Gasteiger partial charge >= 0.3 is 0 Å². The lowest BCUT2D eigenvalue weighted by Crippen LogP contribution is -2.06. The average Bonchev–Trinajstić information content (AvgIpc) is 2.39. The second kappa shape index (κ2) is 5.89. The molecule has 0 amide bonds. The van der Waals surface area contributed by atoms with Crippen LogP contribution in [-0.4, -0.2) is 12.1 Å². The molecule has 0 saturated carbocycles. The number of nitrogens with two attached hydrogens (primary N) is 1. The van der Waals surface area contributed by atoms with Crippen molar-refractivity contribution in [3.05, 3.63) is 48.3 Å². The van der Waals surface area contributed by atoms with Gasteiger partial charge in [0.15, 0.2) is 0 Å². The summed E-state index contributed by atoms with van der Waals surface area (Å²) in [6.45, 7) is 1.93. The molecule has 2 N–H and O–H groups in total. The number of benzene rings is 1. The summed E-state index contributed by atoms with van der Waals surface area (Å²) in [5.41, 5.74) is 6.68. The van der Waals surface area contributed by atoms with Crippen LogP contribution in [0.5, 0.6) is 5.75 Å². The summed E-state index contributed by atoms with van der Waals surface area (Å²) in [5, 5.41) is 0. The van der Waals surface area contributed by atoms with Crippen LogP contribution in [0, 0.1) is 0 Å². The zero-order valence-electron chi connectivity index (χ0n) is 10.5. The van der Waals surface area contributed by atoms with E-state index >= 15 is 0 Å². The van der Waals surface area contributed by atoms with Crippen molar-refractivity contribution >= 4 is 11.8 Å². The van der Waals surface area contributed by atoms with Gasteiger partial charge in [-0.1, -0.05) is 17.8 Å². The zero-order chi connectivity index (χ0) is 13.0. The molecule has 18 heavy (non-hydrogen) atoms. The van der Waals surface area contributed by atoms with Crippen LogP contribution in [0.1, 0.15) is 18.7 Å². The number of pyridine rings is 1. The highest BCUT2D eigenvalue weighted by Crippen LogP contribution is 2.29. The molecule has 0 radical (unpaired) electrons. The van der Waals surface area contributed by atoms with Crippen LogP contribution in [0.2, 0.25) is 0 Å². The lowest BCUT2D eigenvalue weighted by atomic mass is 10.2.